The van der Waals surface area contributed by atoms with Gasteiger partial charge in [-0.15, -0.1) is 11.7 Å². The summed E-state index contributed by atoms with van der Waals surface area (Å²) in [4.78, 5) is 14.3. The molecular weight excluding hydrogens is 350 g/mol. The number of tetrazole rings is 1. The van der Waals surface area contributed by atoms with Gasteiger partial charge in [0.05, 0.1) is 11.4 Å². The summed E-state index contributed by atoms with van der Waals surface area (Å²) >= 11 is 1.25. The van der Waals surface area contributed by atoms with Gasteiger partial charge in [-0.25, -0.2) is 0 Å². The molecule has 0 aliphatic rings. The third-order valence-corrected chi connectivity index (χ3v) is 4.44. The van der Waals surface area contributed by atoms with Crippen LogP contribution in [0.1, 0.15) is 0 Å². The maximum Gasteiger partial charge on any atom is 0.237 e. The molecule has 0 saturated heterocycles. The monoisotopic (exact) mass is 367 g/mol. The number of amides is 1. The average molecular weight is 367 g/mol. The van der Waals surface area contributed by atoms with E-state index in [1.165, 1.54) is 16.4 Å². The molecule has 26 heavy (non-hydrogen) atoms. The fourth-order valence-corrected chi connectivity index (χ4v) is 3.08. The maximum atomic E-state index is 12.7. The SMILES string of the molecule is C=CCN(C(=O)CSc1nnnn1-c1ccc(O)cc1)c1ccccc1. The molecule has 3 rings (SSSR count). The van der Waals surface area contributed by atoms with Crippen molar-refractivity contribution in [1.29, 1.82) is 0 Å². The normalized spacial score (nSPS) is 10.5. The van der Waals surface area contributed by atoms with Crippen molar-refractivity contribution < 1.29 is 9.90 Å². The lowest BCUT2D eigenvalue weighted by atomic mass is 10.3. The highest BCUT2D eigenvalue weighted by Crippen LogP contribution is 2.21. The van der Waals surface area contributed by atoms with Crippen LogP contribution in [-0.2, 0) is 4.79 Å². The molecule has 1 heterocycles. The lowest BCUT2D eigenvalue weighted by Crippen LogP contribution is -2.32. The van der Waals surface area contributed by atoms with Crippen molar-refractivity contribution in [1.82, 2.24) is 20.2 Å². The number of carbonyl (C=O) groups is 1. The van der Waals surface area contributed by atoms with E-state index in [0.29, 0.717) is 17.4 Å². The van der Waals surface area contributed by atoms with Crippen LogP contribution >= 0.6 is 11.8 Å². The van der Waals surface area contributed by atoms with Crippen LogP contribution in [-0.4, -0.2) is 43.5 Å². The second-order valence-electron chi connectivity index (χ2n) is 5.31. The molecule has 0 aliphatic carbocycles. The van der Waals surface area contributed by atoms with Gasteiger partial charge >= 0.3 is 0 Å². The van der Waals surface area contributed by atoms with Gasteiger partial charge in [0.2, 0.25) is 11.1 Å². The molecule has 1 amide bonds. The number of nitrogens with zero attached hydrogens (tertiary/aromatic N) is 5. The van der Waals surface area contributed by atoms with Crippen LogP contribution in [0.3, 0.4) is 0 Å². The number of rotatable bonds is 7. The van der Waals surface area contributed by atoms with Crippen molar-refractivity contribution in [3.63, 3.8) is 0 Å². The Labute approximate surface area is 155 Å². The lowest BCUT2D eigenvalue weighted by molar-refractivity contribution is -0.116. The van der Waals surface area contributed by atoms with Crippen LogP contribution in [0.2, 0.25) is 0 Å². The Hall–Kier alpha value is -3.13. The molecule has 0 atom stereocenters. The van der Waals surface area contributed by atoms with Gasteiger partial charge < -0.3 is 10.0 Å². The van der Waals surface area contributed by atoms with Gasteiger partial charge in [0.15, 0.2) is 0 Å². The van der Waals surface area contributed by atoms with Gasteiger partial charge in [-0.2, -0.15) is 4.68 Å². The number of aromatic nitrogens is 4. The zero-order valence-corrected chi connectivity index (χ0v) is 14.7. The van der Waals surface area contributed by atoms with Gasteiger partial charge in [0.1, 0.15) is 5.75 Å². The summed E-state index contributed by atoms with van der Waals surface area (Å²) < 4.78 is 1.53. The molecule has 0 spiro atoms. The third kappa shape index (κ3) is 4.09. The van der Waals surface area contributed by atoms with Crippen molar-refractivity contribution in [3.05, 3.63) is 67.3 Å². The molecule has 0 saturated carbocycles. The predicted octanol–water partition coefficient (Wildman–Crippen LogP) is 2.68. The van der Waals surface area contributed by atoms with E-state index in [1.807, 2.05) is 30.3 Å². The van der Waals surface area contributed by atoms with Crippen LogP contribution < -0.4 is 4.90 Å². The topological polar surface area (TPSA) is 84.1 Å². The second-order valence-corrected chi connectivity index (χ2v) is 6.25. The summed E-state index contributed by atoms with van der Waals surface area (Å²) in [6, 6.07) is 15.9. The minimum atomic E-state index is -0.0682. The molecule has 0 unspecified atom stereocenters. The van der Waals surface area contributed by atoms with E-state index in [9.17, 15) is 9.90 Å². The van der Waals surface area contributed by atoms with Crippen LogP contribution in [0.15, 0.2) is 72.4 Å². The van der Waals surface area contributed by atoms with Crippen LogP contribution in [0, 0.1) is 0 Å². The fraction of sp³-hybridized carbons (Fsp3) is 0.111. The third-order valence-electron chi connectivity index (χ3n) is 3.54. The molecule has 8 heteroatoms. The summed E-state index contributed by atoms with van der Waals surface area (Å²) in [6.45, 7) is 4.14. The van der Waals surface area contributed by atoms with Gasteiger partial charge in [-0.05, 0) is 46.8 Å². The van der Waals surface area contributed by atoms with Gasteiger partial charge in [-0.1, -0.05) is 36.0 Å². The Morgan fingerprint density at radius 2 is 1.92 bits per heavy atom. The highest BCUT2D eigenvalue weighted by atomic mass is 32.2. The molecule has 0 bridgehead atoms. The second kappa shape index (κ2) is 8.30. The van der Waals surface area contributed by atoms with Gasteiger partial charge in [-0.3, -0.25) is 4.79 Å². The number of benzene rings is 2. The first-order chi connectivity index (χ1) is 12.7. The zero-order valence-electron chi connectivity index (χ0n) is 13.9. The predicted molar refractivity (Wildman–Crippen MR) is 101 cm³/mol. The molecule has 1 N–H and O–H groups in total. The average Bonchev–Trinajstić information content (AvgIpc) is 3.14. The number of para-hydroxylation sites is 1. The number of aromatic hydroxyl groups is 1. The molecule has 132 valence electrons. The Balaban J connectivity index is 1.72. The quantitative estimate of drug-likeness (QED) is 0.511. The minimum absolute atomic E-state index is 0.0682. The lowest BCUT2D eigenvalue weighted by Gasteiger charge is -2.20. The van der Waals surface area contributed by atoms with E-state index in [1.54, 1.807) is 35.2 Å². The minimum Gasteiger partial charge on any atom is -0.508 e. The Morgan fingerprint density at radius 3 is 2.62 bits per heavy atom. The number of thioether (sulfide) groups is 1. The molecular formula is C18H17N5O2S. The molecule has 0 aliphatic heterocycles. The summed E-state index contributed by atoms with van der Waals surface area (Å²) in [5, 5.41) is 21.5. The Morgan fingerprint density at radius 1 is 1.19 bits per heavy atom. The van der Waals surface area contributed by atoms with E-state index < -0.39 is 0 Å². The summed E-state index contributed by atoms with van der Waals surface area (Å²) in [5.74, 6) is 0.275. The standard InChI is InChI=1S/C18H17N5O2S/c1-2-12-22(14-6-4-3-5-7-14)17(25)13-26-18-19-20-21-23(18)15-8-10-16(24)11-9-15/h2-11,24H,1,12-13H2. The first-order valence-corrected chi connectivity index (χ1v) is 8.84. The fourth-order valence-electron chi connectivity index (χ4n) is 2.32. The van der Waals surface area contributed by atoms with Crippen molar-refractivity contribution in [2.45, 2.75) is 5.16 Å². The molecule has 7 nitrogen and oxygen atoms in total. The van der Waals surface area contributed by atoms with E-state index in [2.05, 4.69) is 22.1 Å². The highest BCUT2D eigenvalue weighted by Gasteiger charge is 2.17. The number of phenolic OH excluding ortho intramolecular Hbond substituents is 1. The smallest absolute Gasteiger partial charge is 0.237 e. The number of phenols is 1. The first-order valence-electron chi connectivity index (χ1n) is 7.86. The zero-order chi connectivity index (χ0) is 18.4. The largest absolute Gasteiger partial charge is 0.508 e. The Kier molecular flexibility index (Phi) is 5.65. The van der Waals surface area contributed by atoms with Gasteiger partial charge in [0, 0.05) is 12.2 Å². The first kappa shape index (κ1) is 17.7. The van der Waals surface area contributed by atoms with Crippen LogP contribution in [0.25, 0.3) is 5.69 Å². The Bertz CT molecular complexity index is 880. The number of carbonyl (C=O) groups excluding carboxylic acids is 1. The van der Waals surface area contributed by atoms with Crippen molar-refractivity contribution >= 4 is 23.4 Å². The summed E-state index contributed by atoms with van der Waals surface area (Å²) in [5.41, 5.74) is 1.52. The number of hydrogen-bond acceptors (Lipinski definition) is 6. The van der Waals surface area contributed by atoms with Crippen molar-refractivity contribution in [2.24, 2.45) is 0 Å². The van der Waals surface area contributed by atoms with Crippen LogP contribution in [0.4, 0.5) is 5.69 Å². The molecule has 1 aromatic heterocycles. The van der Waals surface area contributed by atoms with Crippen LogP contribution in [0.5, 0.6) is 5.75 Å². The van der Waals surface area contributed by atoms with E-state index >= 15 is 0 Å². The van der Waals surface area contributed by atoms with Crippen molar-refractivity contribution in [3.8, 4) is 11.4 Å². The highest BCUT2D eigenvalue weighted by molar-refractivity contribution is 7.99. The maximum absolute atomic E-state index is 12.7. The summed E-state index contributed by atoms with van der Waals surface area (Å²) in [7, 11) is 0. The van der Waals surface area contributed by atoms with E-state index in [-0.39, 0.29) is 17.4 Å². The number of anilines is 1. The molecule has 0 radical (unpaired) electrons. The van der Waals surface area contributed by atoms with Gasteiger partial charge in [0.25, 0.3) is 0 Å². The summed E-state index contributed by atoms with van der Waals surface area (Å²) in [6.07, 6.45) is 1.69. The van der Waals surface area contributed by atoms with Crippen molar-refractivity contribution in [2.75, 3.05) is 17.2 Å². The number of hydrogen-bond donors (Lipinski definition) is 1. The molecule has 2 aromatic carbocycles. The molecule has 3 aromatic rings. The van der Waals surface area contributed by atoms with E-state index in [4.69, 9.17) is 0 Å². The van der Waals surface area contributed by atoms with E-state index in [0.717, 1.165) is 5.69 Å². The molecule has 0 fully saturated rings.